The van der Waals surface area contributed by atoms with Crippen molar-refractivity contribution in [1.82, 2.24) is 4.98 Å². The molecule has 1 heterocycles. The van der Waals surface area contributed by atoms with Gasteiger partial charge in [0.1, 0.15) is 5.75 Å². The van der Waals surface area contributed by atoms with Crippen LogP contribution in [0.25, 0.3) is 17.3 Å². The van der Waals surface area contributed by atoms with E-state index in [1.807, 2.05) is 0 Å². The Kier molecular flexibility index (Phi) is 5.62. The van der Waals surface area contributed by atoms with E-state index < -0.39 is 10.9 Å². The maximum Gasteiger partial charge on any atom is 0.330 e. The van der Waals surface area contributed by atoms with Crippen LogP contribution in [-0.4, -0.2) is 29.6 Å². The van der Waals surface area contributed by atoms with E-state index >= 15 is 0 Å². The van der Waals surface area contributed by atoms with Crippen molar-refractivity contribution in [3.8, 4) is 17.0 Å². The van der Waals surface area contributed by atoms with E-state index in [0.29, 0.717) is 22.6 Å². The molecule has 1 aromatic heterocycles. The number of aromatic nitrogens is 1. The zero-order valence-electron chi connectivity index (χ0n) is 13.3. The highest BCUT2D eigenvalue weighted by Gasteiger charge is 2.14. The Morgan fingerprint density at radius 1 is 1.33 bits per heavy atom. The molecule has 0 saturated heterocycles. The van der Waals surface area contributed by atoms with Gasteiger partial charge in [-0.1, -0.05) is 6.07 Å². The topological polar surface area (TPSA) is 91.6 Å². The highest BCUT2D eigenvalue weighted by Crippen LogP contribution is 2.28. The van der Waals surface area contributed by atoms with Crippen molar-refractivity contribution in [2.24, 2.45) is 0 Å². The van der Waals surface area contributed by atoms with Crippen molar-refractivity contribution in [2.45, 2.75) is 6.92 Å². The van der Waals surface area contributed by atoms with Gasteiger partial charge in [-0.3, -0.25) is 15.1 Å². The summed E-state index contributed by atoms with van der Waals surface area (Å²) in [6.45, 7) is 1.93. The van der Waals surface area contributed by atoms with Gasteiger partial charge in [-0.15, -0.1) is 0 Å². The van der Waals surface area contributed by atoms with Crippen LogP contribution in [0, 0.1) is 10.1 Å². The fourth-order valence-electron chi connectivity index (χ4n) is 2.05. The van der Waals surface area contributed by atoms with Crippen LogP contribution in [0.2, 0.25) is 0 Å². The first kappa shape index (κ1) is 17.1. The first-order valence-corrected chi connectivity index (χ1v) is 7.19. The number of nitrogens with zero attached hydrogens (tertiary/aromatic N) is 2. The van der Waals surface area contributed by atoms with E-state index in [1.54, 1.807) is 37.4 Å². The molecule has 7 nitrogen and oxygen atoms in total. The molecule has 0 saturated carbocycles. The second-order valence-corrected chi connectivity index (χ2v) is 4.70. The lowest BCUT2D eigenvalue weighted by Crippen LogP contribution is -1.99. The highest BCUT2D eigenvalue weighted by atomic mass is 16.6. The standard InChI is InChI=1S/C17H16N2O5/c1-3-24-17(20)7-6-12-4-5-13(10-16(12)19(21)22)15-11-14(23-2)8-9-18-15/h4-11H,3H2,1-2H3/b7-6+. The van der Waals surface area contributed by atoms with Gasteiger partial charge in [0.2, 0.25) is 0 Å². The normalized spacial score (nSPS) is 10.6. The fourth-order valence-corrected chi connectivity index (χ4v) is 2.05. The maximum absolute atomic E-state index is 11.4. The Morgan fingerprint density at radius 2 is 2.12 bits per heavy atom. The predicted octanol–water partition coefficient (Wildman–Crippen LogP) is 3.24. The zero-order chi connectivity index (χ0) is 17.5. The molecule has 0 aliphatic heterocycles. The summed E-state index contributed by atoms with van der Waals surface area (Å²) in [4.78, 5) is 26.3. The summed E-state index contributed by atoms with van der Waals surface area (Å²) in [5.74, 6) is 0.0549. The summed E-state index contributed by atoms with van der Waals surface area (Å²) in [5.41, 5.74) is 1.31. The number of rotatable bonds is 6. The van der Waals surface area contributed by atoms with Crippen LogP contribution >= 0.6 is 0 Å². The van der Waals surface area contributed by atoms with E-state index in [-0.39, 0.29) is 12.3 Å². The molecule has 2 rings (SSSR count). The Hall–Kier alpha value is -3.22. The smallest absolute Gasteiger partial charge is 0.330 e. The number of hydrogen-bond donors (Lipinski definition) is 0. The monoisotopic (exact) mass is 328 g/mol. The third-order valence-corrected chi connectivity index (χ3v) is 3.18. The molecule has 0 atom stereocenters. The van der Waals surface area contributed by atoms with Crippen molar-refractivity contribution >= 4 is 17.7 Å². The minimum Gasteiger partial charge on any atom is -0.497 e. The van der Waals surface area contributed by atoms with E-state index in [1.165, 1.54) is 19.3 Å². The SMILES string of the molecule is CCOC(=O)/C=C/c1ccc(-c2cc(OC)ccn2)cc1[N+](=O)[O-]. The molecule has 7 heteroatoms. The van der Waals surface area contributed by atoms with Crippen LogP contribution < -0.4 is 4.74 Å². The fraction of sp³-hybridized carbons (Fsp3) is 0.176. The summed E-state index contributed by atoms with van der Waals surface area (Å²) >= 11 is 0. The molecule has 0 fully saturated rings. The molecule has 24 heavy (non-hydrogen) atoms. The number of nitro benzene ring substituents is 1. The lowest BCUT2D eigenvalue weighted by atomic mass is 10.1. The molecular formula is C17H16N2O5. The number of pyridine rings is 1. The van der Waals surface area contributed by atoms with Gasteiger partial charge >= 0.3 is 5.97 Å². The molecule has 1 aromatic carbocycles. The Morgan fingerprint density at radius 3 is 2.79 bits per heavy atom. The van der Waals surface area contributed by atoms with Gasteiger partial charge in [0.05, 0.1) is 29.9 Å². The summed E-state index contributed by atoms with van der Waals surface area (Å²) in [6, 6.07) is 8.04. The van der Waals surface area contributed by atoms with E-state index in [2.05, 4.69) is 4.98 Å². The van der Waals surface area contributed by atoms with Crippen LogP contribution in [0.15, 0.2) is 42.6 Å². The van der Waals surface area contributed by atoms with Crippen LogP contribution in [-0.2, 0) is 9.53 Å². The minimum atomic E-state index is -0.551. The van der Waals surface area contributed by atoms with E-state index in [0.717, 1.165) is 6.08 Å². The minimum absolute atomic E-state index is 0.127. The molecule has 0 radical (unpaired) electrons. The number of methoxy groups -OCH3 is 1. The van der Waals surface area contributed by atoms with Gasteiger partial charge in [0.25, 0.3) is 5.69 Å². The lowest BCUT2D eigenvalue weighted by Gasteiger charge is -2.05. The molecule has 0 unspecified atom stereocenters. The molecule has 2 aromatic rings. The molecule has 0 bridgehead atoms. The van der Waals surface area contributed by atoms with Crippen molar-refractivity contribution in [2.75, 3.05) is 13.7 Å². The molecular weight excluding hydrogens is 312 g/mol. The van der Waals surface area contributed by atoms with Gasteiger partial charge in [-0.05, 0) is 25.1 Å². The highest BCUT2D eigenvalue weighted by molar-refractivity contribution is 5.88. The van der Waals surface area contributed by atoms with Gasteiger partial charge in [0.15, 0.2) is 0 Å². The number of nitro groups is 1. The van der Waals surface area contributed by atoms with Gasteiger partial charge < -0.3 is 9.47 Å². The summed E-state index contributed by atoms with van der Waals surface area (Å²) in [5, 5.41) is 11.3. The summed E-state index contributed by atoms with van der Waals surface area (Å²) < 4.78 is 9.89. The number of carbonyl (C=O) groups excluding carboxylic acids is 1. The Labute approximate surface area is 138 Å². The van der Waals surface area contributed by atoms with E-state index in [4.69, 9.17) is 9.47 Å². The molecule has 0 spiro atoms. The van der Waals surface area contributed by atoms with Crippen LogP contribution in [0.3, 0.4) is 0 Å². The lowest BCUT2D eigenvalue weighted by molar-refractivity contribution is -0.385. The maximum atomic E-state index is 11.4. The molecule has 0 aliphatic rings. The Bertz CT molecular complexity index is 786. The number of carbonyl (C=O) groups is 1. The van der Waals surface area contributed by atoms with Crippen LogP contribution in [0.4, 0.5) is 5.69 Å². The molecule has 0 N–H and O–H groups in total. The number of benzene rings is 1. The molecule has 0 amide bonds. The second-order valence-electron chi connectivity index (χ2n) is 4.70. The third kappa shape index (κ3) is 4.16. The first-order valence-electron chi connectivity index (χ1n) is 7.19. The zero-order valence-corrected chi connectivity index (χ0v) is 13.3. The van der Waals surface area contributed by atoms with Crippen molar-refractivity contribution in [1.29, 1.82) is 0 Å². The van der Waals surface area contributed by atoms with Crippen molar-refractivity contribution in [3.63, 3.8) is 0 Å². The van der Waals surface area contributed by atoms with Gasteiger partial charge in [-0.25, -0.2) is 4.79 Å². The third-order valence-electron chi connectivity index (χ3n) is 3.18. The first-order chi connectivity index (χ1) is 11.5. The predicted molar refractivity (Wildman–Crippen MR) is 88.5 cm³/mol. The van der Waals surface area contributed by atoms with E-state index in [9.17, 15) is 14.9 Å². The molecule has 0 aliphatic carbocycles. The molecule has 124 valence electrons. The van der Waals surface area contributed by atoms with Crippen molar-refractivity contribution < 1.29 is 19.2 Å². The summed E-state index contributed by atoms with van der Waals surface area (Å²) in [7, 11) is 1.53. The number of esters is 1. The second kappa shape index (κ2) is 7.87. The largest absolute Gasteiger partial charge is 0.497 e. The quantitative estimate of drug-likeness (QED) is 0.350. The average Bonchev–Trinajstić information content (AvgIpc) is 2.60. The van der Waals surface area contributed by atoms with Gasteiger partial charge in [-0.2, -0.15) is 0 Å². The number of hydrogen-bond acceptors (Lipinski definition) is 6. The van der Waals surface area contributed by atoms with Crippen LogP contribution in [0.5, 0.6) is 5.75 Å². The van der Waals surface area contributed by atoms with Crippen LogP contribution in [0.1, 0.15) is 12.5 Å². The Balaban J connectivity index is 2.39. The average molecular weight is 328 g/mol. The summed E-state index contributed by atoms with van der Waals surface area (Å²) in [6.07, 6.45) is 4.09. The van der Waals surface area contributed by atoms with Crippen molar-refractivity contribution in [3.05, 3.63) is 58.3 Å². The number of ether oxygens (including phenoxy) is 2. The van der Waals surface area contributed by atoms with Gasteiger partial charge in [0, 0.05) is 30.0 Å².